The number of carbonyl (C=O) groups excluding carboxylic acids is 1. The number of pyridine rings is 1. The number of rotatable bonds is 6. The smallest absolute Gasteiger partial charge is 0.264 e. The first kappa shape index (κ1) is 17.6. The zero-order chi connectivity index (χ0) is 18.4. The lowest BCUT2D eigenvalue weighted by molar-refractivity contribution is -0.114. The fourth-order valence-electron chi connectivity index (χ4n) is 2.38. The average Bonchev–Trinajstić information content (AvgIpc) is 2.68. The number of sulfonamides is 1. The summed E-state index contributed by atoms with van der Waals surface area (Å²) in [7, 11) is -3.89. The topological polar surface area (TPSA) is 79.4 Å². The SMILES string of the molecule is O=C(CN(c1ccccc1)S(=O)(=O)c1ccccc1)Nc1ccccn1. The van der Waals surface area contributed by atoms with E-state index in [1.165, 1.54) is 12.1 Å². The van der Waals surface area contributed by atoms with Crippen molar-refractivity contribution in [2.75, 3.05) is 16.2 Å². The van der Waals surface area contributed by atoms with Gasteiger partial charge in [-0.05, 0) is 36.4 Å². The van der Waals surface area contributed by atoms with Crippen LogP contribution in [0.3, 0.4) is 0 Å². The van der Waals surface area contributed by atoms with Gasteiger partial charge in [-0.1, -0.05) is 42.5 Å². The average molecular weight is 367 g/mol. The van der Waals surface area contributed by atoms with Crippen LogP contribution in [0.25, 0.3) is 0 Å². The van der Waals surface area contributed by atoms with Crippen LogP contribution in [0, 0.1) is 0 Å². The fourth-order valence-corrected chi connectivity index (χ4v) is 3.82. The first-order valence-electron chi connectivity index (χ1n) is 7.91. The Morgan fingerprint density at radius 2 is 1.50 bits per heavy atom. The molecule has 2 aromatic carbocycles. The predicted octanol–water partition coefficient (Wildman–Crippen LogP) is 2.92. The van der Waals surface area contributed by atoms with Gasteiger partial charge in [0.05, 0.1) is 10.6 Å². The van der Waals surface area contributed by atoms with E-state index in [0.29, 0.717) is 11.5 Å². The van der Waals surface area contributed by atoms with Crippen LogP contribution in [-0.2, 0) is 14.8 Å². The summed E-state index contributed by atoms with van der Waals surface area (Å²) in [6.07, 6.45) is 1.55. The Hall–Kier alpha value is -3.19. The third-order valence-corrected chi connectivity index (χ3v) is 5.38. The molecule has 0 saturated carbocycles. The maximum Gasteiger partial charge on any atom is 0.264 e. The van der Waals surface area contributed by atoms with Crippen LogP contribution < -0.4 is 9.62 Å². The van der Waals surface area contributed by atoms with Crippen molar-refractivity contribution < 1.29 is 13.2 Å². The maximum atomic E-state index is 13.1. The van der Waals surface area contributed by atoms with Gasteiger partial charge in [0.1, 0.15) is 12.4 Å². The summed E-state index contributed by atoms with van der Waals surface area (Å²) in [6.45, 7) is -0.363. The maximum absolute atomic E-state index is 13.1. The molecular formula is C19H17N3O3S. The van der Waals surface area contributed by atoms with Crippen LogP contribution in [0.1, 0.15) is 0 Å². The monoisotopic (exact) mass is 367 g/mol. The van der Waals surface area contributed by atoms with Gasteiger partial charge in [0.15, 0.2) is 0 Å². The zero-order valence-corrected chi connectivity index (χ0v) is 14.6. The second-order valence-electron chi connectivity index (χ2n) is 5.42. The number of anilines is 2. The summed E-state index contributed by atoms with van der Waals surface area (Å²) in [5, 5.41) is 2.61. The van der Waals surface area contributed by atoms with Gasteiger partial charge in [-0.2, -0.15) is 0 Å². The highest BCUT2D eigenvalue weighted by molar-refractivity contribution is 7.92. The van der Waals surface area contributed by atoms with Gasteiger partial charge in [-0.15, -0.1) is 0 Å². The molecule has 1 heterocycles. The second-order valence-corrected chi connectivity index (χ2v) is 7.29. The molecular weight excluding hydrogens is 350 g/mol. The van der Waals surface area contributed by atoms with Gasteiger partial charge in [-0.25, -0.2) is 13.4 Å². The second kappa shape index (κ2) is 7.79. The van der Waals surface area contributed by atoms with E-state index in [9.17, 15) is 13.2 Å². The summed E-state index contributed by atoms with van der Waals surface area (Å²) in [5.41, 5.74) is 0.410. The highest BCUT2D eigenvalue weighted by Crippen LogP contribution is 2.23. The van der Waals surface area contributed by atoms with Crippen LogP contribution >= 0.6 is 0 Å². The molecule has 7 heteroatoms. The molecule has 3 rings (SSSR count). The molecule has 0 spiro atoms. The molecule has 0 aliphatic rings. The van der Waals surface area contributed by atoms with E-state index in [-0.39, 0.29) is 11.4 Å². The van der Waals surface area contributed by atoms with E-state index < -0.39 is 15.9 Å². The molecule has 1 amide bonds. The van der Waals surface area contributed by atoms with Gasteiger partial charge in [-0.3, -0.25) is 9.10 Å². The molecule has 0 fully saturated rings. The zero-order valence-electron chi connectivity index (χ0n) is 13.8. The fraction of sp³-hybridized carbons (Fsp3) is 0.0526. The normalized spacial score (nSPS) is 10.9. The molecule has 6 nitrogen and oxygen atoms in total. The van der Waals surface area contributed by atoms with Gasteiger partial charge >= 0.3 is 0 Å². The largest absolute Gasteiger partial charge is 0.309 e. The minimum atomic E-state index is -3.89. The van der Waals surface area contributed by atoms with Crippen LogP contribution in [-0.4, -0.2) is 25.9 Å². The van der Waals surface area contributed by atoms with Crippen molar-refractivity contribution in [1.82, 2.24) is 4.98 Å². The molecule has 0 unspecified atom stereocenters. The van der Waals surface area contributed by atoms with Crippen LogP contribution in [0.5, 0.6) is 0 Å². The summed E-state index contributed by atoms with van der Waals surface area (Å²) in [4.78, 5) is 16.6. The van der Waals surface area contributed by atoms with E-state index in [1.54, 1.807) is 72.9 Å². The Labute approximate surface area is 152 Å². The van der Waals surface area contributed by atoms with E-state index in [0.717, 1.165) is 4.31 Å². The molecule has 1 aromatic heterocycles. The number of amides is 1. The van der Waals surface area contributed by atoms with E-state index in [1.807, 2.05) is 0 Å². The summed E-state index contributed by atoms with van der Waals surface area (Å²) >= 11 is 0. The van der Waals surface area contributed by atoms with Crippen molar-refractivity contribution in [3.05, 3.63) is 85.1 Å². The Kier molecular flexibility index (Phi) is 5.28. The lowest BCUT2D eigenvalue weighted by atomic mass is 10.3. The van der Waals surface area contributed by atoms with Crippen molar-refractivity contribution in [2.24, 2.45) is 0 Å². The summed E-state index contributed by atoms with van der Waals surface area (Å²) < 4.78 is 27.2. The van der Waals surface area contributed by atoms with E-state index in [4.69, 9.17) is 0 Å². The standard InChI is InChI=1S/C19H17N3O3S/c23-19(21-18-13-7-8-14-20-18)15-22(16-9-3-1-4-10-16)26(24,25)17-11-5-2-6-12-17/h1-14H,15H2,(H,20,21,23). The third kappa shape index (κ3) is 4.07. The number of benzene rings is 2. The van der Waals surface area contributed by atoms with Crippen molar-refractivity contribution >= 4 is 27.4 Å². The third-order valence-electron chi connectivity index (χ3n) is 3.59. The van der Waals surface area contributed by atoms with Gasteiger partial charge in [0.2, 0.25) is 5.91 Å². The molecule has 0 atom stereocenters. The quantitative estimate of drug-likeness (QED) is 0.726. The number of nitrogens with one attached hydrogen (secondary N) is 1. The highest BCUT2D eigenvalue weighted by Gasteiger charge is 2.27. The number of hydrogen-bond acceptors (Lipinski definition) is 4. The highest BCUT2D eigenvalue weighted by atomic mass is 32.2. The van der Waals surface area contributed by atoms with Gasteiger partial charge in [0, 0.05) is 6.20 Å². The van der Waals surface area contributed by atoms with Crippen molar-refractivity contribution in [1.29, 1.82) is 0 Å². The van der Waals surface area contributed by atoms with Crippen LogP contribution in [0.2, 0.25) is 0 Å². The van der Waals surface area contributed by atoms with E-state index in [2.05, 4.69) is 10.3 Å². The Morgan fingerprint density at radius 1 is 0.885 bits per heavy atom. The molecule has 0 saturated heterocycles. The lowest BCUT2D eigenvalue weighted by Gasteiger charge is -2.24. The Balaban J connectivity index is 1.91. The van der Waals surface area contributed by atoms with Gasteiger partial charge < -0.3 is 5.32 Å². The number of nitrogens with zero attached hydrogens (tertiary/aromatic N) is 2. The molecule has 26 heavy (non-hydrogen) atoms. The first-order valence-corrected chi connectivity index (χ1v) is 9.35. The predicted molar refractivity (Wildman–Crippen MR) is 100 cm³/mol. The molecule has 0 aliphatic heterocycles. The molecule has 3 aromatic rings. The van der Waals surface area contributed by atoms with Crippen LogP contribution in [0.15, 0.2) is 90.0 Å². The van der Waals surface area contributed by atoms with Gasteiger partial charge in [0.25, 0.3) is 10.0 Å². The molecule has 0 aliphatic carbocycles. The van der Waals surface area contributed by atoms with Crippen molar-refractivity contribution in [3.63, 3.8) is 0 Å². The molecule has 0 bridgehead atoms. The number of carbonyl (C=O) groups is 1. The first-order chi connectivity index (χ1) is 12.6. The Morgan fingerprint density at radius 3 is 2.12 bits per heavy atom. The minimum Gasteiger partial charge on any atom is -0.309 e. The number of aromatic nitrogens is 1. The molecule has 0 radical (unpaired) electrons. The summed E-state index contributed by atoms with van der Waals surface area (Å²) in [5.74, 6) is -0.116. The number of hydrogen-bond donors (Lipinski definition) is 1. The minimum absolute atomic E-state index is 0.120. The van der Waals surface area contributed by atoms with E-state index >= 15 is 0 Å². The van der Waals surface area contributed by atoms with Crippen LogP contribution in [0.4, 0.5) is 11.5 Å². The summed E-state index contributed by atoms with van der Waals surface area (Å²) in [6, 6.07) is 21.6. The van der Waals surface area contributed by atoms with Crippen molar-refractivity contribution in [3.8, 4) is 0 Å². The molecule has 1 N–H and O–H groups in total. The van der Waals surface area contributed by atoms with Crippen molar-refractivity contribution in [2.45, 2.75) is 4.90 Å². The Bertz CT molecular complexity index is 963. The molecule has 132 valence electrons. The lowest BCUT2D eigenvalue weighted by Crippen LogP contribution is -2.38. The number of para-hydroxylation sites is 1.